The van der Waals surface area contributed by atoms with Gasteiger partial charge in [0.25, 0.3) is 0 Å². The summed E-state index contributed by atoms with van der Waals surface area (Å²) in [7, 11) is 1.29. The molecule has 0 N–H and O–H groups in total. The van der Waals surface area contributed by atoms with Crippen molar-refractivity contribution in [1.82, 2.24) is 0 Å². The Morgan fingerprint density at radius 1 is 0.976 bits per heavy atom. The highest BCUT2D eigenvalue weighted by Crippen LogP contribution is 2.74. The van der Waals surface area contributed by atoms with Crippen molar-refractivity contribution in [3.8, 4) is 0 Å². The van der Waals surface area contributed by atoms with Crippen LogP contribution in [0.2, 0.25) is 0 Å². The lowest BCUT2D eigenvalue weighted by atomic mass is 9.42. The number of carbonyl (C=O) groups is 3. The van der Waals surface area contributed by atoms with E-state index in [0.717, 1.165) is 44.1 Å². The van der Waals surface area contributed by atoms with Crippen molar-refractivity contribution in [3.63, 3.8) is 0 Å². The third-order valence-electron chi connectivity index (χ3n) is 13.9. The first-order valence-electron chi connectivity index (χ1n) is 16.1. The smallest absolute Gasteiger partial charge is 0.336 e. The molecule has 0 aromatic heterocycles. The molecule has 1 saturated heterocycles. The van der Waals surface area contributed by atoms with E-state index in [1.807, 2.05) is 13.8 Å². The van der Waals surface area contributed by atoms with E-state index in [9.17, 15) is 14.4 Å². The Morgan fingerprint density at radius 2 is 1.69 bits per heavy atom. The fraction of sp³-hybridized carbons (Fsp3) is 0.800. The van der Waals surface area contributed by atoms with Crippen LogP contribution in [0, 0.1) is 39.4 Å². The van der Waals surface area contributed by atoms with Gasteiger partial charge in [-0.25, -0.2) is 4.79 Å². The molecule has 7 heteroatoms. The molecule has 9 atom stereocenters. The molecule has 232 valence electrons. The summed E-state index contributed by atoms with van der Waals surface area (Å²) in [5, 5.41) is 0. The topological polar surface area (TPSA) is 88.1 Å². The summed E-state index contributed by atoms with van der Waals surface area (Å²) < 4.78 is 24.0. The summed E-state index contributed by atoms with van der Waals surface area (Å²) in [6, 6.07) is 0. The first kappa shape index (κ1) is 29.9. The van der Waals surface area contributed by atoms with Crippen LogP contribution < -0.4 is 0 Å². The molecule has 6 rings (SSSR count). The lowest BCUT2D eigenvalue weighted by Crippen LogP contribution is -2.59. The average Bonchev–Trinajstić information content (AvgIpc) is 3.28. The maximum absolute atomic E-state index is 12.8. The van der Waals surface area contributed by atoms with Gasteiger partial charge in [0.1, 0.15) is 12.5 Å². The number of methoxy groups -OCH3 is 1. The molecule has 6 aliphatic rings. The maximum atomic E-state index is 12.8. The van der Waals surface area contributed by atoms with E-state index in [1.165, 1.54) is 13.5 Å². The van der Waals surface area contributed by atoms with E-state index >= 15 is 0 Å². The number of fused-ring (bicyclic) bond motifs is 3. The fourth-order valence-corrected chi connectivity index (χ4v) is 11.2. The van der Waals surface area contributed by atoms with Gasteiger partial charge in [-0.1, -0.05) is 52.7 Å². The first-order chi connectivity index (χ1) is 19.5. The van der Waals surface area contributed by atoms with Crippen molar-refractivity contribution < 1.29 is 33.3 Å². The first-order valence-corrected chi connectivity index (χ1v) is 16.1. The van der Waals surface area contributed by atoms with E-state index < -0.39 is 17.7 Å². The van der Waals surface area contributed by atoms with Crippen LogP contribution in [0.3, 0.4) is 0 Å². The summed E-state index contributed by atoms with van der Waals surface area (Å²) in [6.07, 6.45) is 7.04. The molecule has 0 unspecified atom stereocenters. The zero-order chi connectivity index (χ0) is 30.6. The molecule has 0 amide bonds. The van der Waals surface area contributed by atoms with Crippen molar-refractivity contribution in [2.24, 2.45) is 39.4 Å². The minimum absolute atomic E-state index is 0.0208. The zero-order valence-corrected chi connectivity index (χ0v) is 27.1. The molecular weight excluding hydrogens is 532 g/mol. The van der Waals surface area contributed by atoms with Gasteiger partial charge in [-0.15, -0.1) is 0 Å². The van der Waals surface area contributed by atoms with Gasteiger partial charge in [-0.2, -0.15) is 0 Å². The molecule has 1 spiro atoms. The monoisotopic (exact) mass is 582 g/mol. The summed E-state index contributed by atoms with van der Waals surface area (Å²) in [6.45, 7) is 18.1. The van der Waals surface area contributed by atoms with Crippen molar-refractivity contribution in [2.45, 2.75) is 131 Å². The molecule has 4 aliphatic carbocycles. The van der Waals surface area contributed by atoms with Crippen LogP contribution in [0.15, 0.2) is 22.3 Å². The lowest BCUT2D eigenvalue weighted by molar-refractivity contribution is -0.243. The average molecular weight is 583 g/mol. The van der Waals surface area contributed by atoms with Gasteiger partial charge >= 0.3 is 17.9 Å². The number of allylic oxidation sites excluding steroid dienone is 1. The molecule has 0 aromatic rings. The number of hydrogen-bond acceptors (Lipinski definition) is 7. The Hall–Kier alpha value is -2.15. The van der Waals surface area contributed by atoms with Gasteiger partial charge in [0, 0.05) is 28.4 Å². The van der Waals surface area contributed by atoms with Gasteiger partial charge in [0.2, 0.25) is 5.79 Å². The molecule has 42 heavy (non-hydrogen) atoms. The summed E-state index contributed by atoms with van der Waals surface area (Å²) in [5.41, 5.74) is 4.49. The van der Waals surface area contributed by atoms with Crippen LogP contribution in [0.4, 0.5) is 0 Å². The summed E-state index contributed by atoms with van der Waals surface area (Å²) >= 11 is 0. The van der Waals surface area contributed by atoms with Crippen molar-refractivity contribution >= 4 is 17.9 Å². The third-order valence-corrected chi connectivity index (χ3v) is 13.9. The number of ether oxygens (including phenoxy) is 4. The van der Waals surface area contributed by atoms with Gasteiger partial charge in [-0.3, -0.25) is 9.59 Å². The molecule has 2 heterocycles. The molecule has 7 nitrogen and oxygen atoms in total. The second-order valence-corrected chi connectivity index (χ2v) is 15.7. The summed E-state index contributed by atoms with van der Waals surface area (Å²) in [4.78, 5) is 37.2. The van der Waals surface area contributed by atoms with E-state index in [0.29, 0.717) is 29.7 Å². The molecule has 2 saturated carbocycles. The quantitative estimate of drug-likeness (QED) is 0.156. The Labute approximate surface area is 251 Å². The Balaban J connectivity index is 1.38. The van der Waals surface area contributed by atoms with Crippen LogP contribution in [0.1, 0.15) is 113 Å². The van der Waals surface area contributed by atoms with E-state index in [2.05, 4.69) is 46.3 Å². The summed E-state index contributed by atoms with van der Waals surface area (Å²) in [5.74, 6) is -1.10. The Bertz CT molecular complexity index is 1290. The third kappa shape index (κ3) is 3.76. The van der Waals surface area contributed by atoms with Crippen LogP contribution >= 0.6 is 0 Å². The standard InChI is InChI=1S/C35H50O7/c1-19-18-35(21(3)20(2)30(38)42-35)41-27-16-24-23(33(7)15-12-22(19)34(27,33)8)10-11-25-31(4,5)26(13-14-32(24,25)6)40-29(37)17-28(36)39-9/h19,22,25-27H,10-18H2,1-9H3/t19-,22-,25-,26-,27-,32-,33+,34+,35+/m1/s1. The molecule has 0 aromatic carbocycles. The van der Waals surface area contributed by atoms with Gasteiger partial charge in [0.05, 0.1) is 13.2 Å². The Kier molecular flexibility index (Phi) is 6.71. The number of carbonyl (C=O) groups excluding carboxylic acids is 3. The second kappa shape index (κ2) is 9.42. The maximum Gasteiger partial charge on any atom is 0.336 e. The normalized spacial score (nSPS) is 45.5. The highest BCUT2D eigenvalue weighted by molar-refractivity contribution is 5.92. The number of rotatable bonds is 3. The fourth-order valence-electron chi connectivity index (χ4n) is 11.2. The van der Waals surface area contributed by atoms with Crippen LogP contribution in [-0.4, -0.2) is 43.0 Å². The van der Waals surface area contributed by atoms with Crippen molar-refractivity contribution in [1.29, 1.82) is 0 Å². The highest BCUT2D eigenvalue weighted by atomic mass is 16.7. The zero-order valence-electron chi connectivity index (χ0n) is 27.1. The molecule has 0 bridgehead atoms. The van der Waals surface area contributed by atoms with Crippen LogP contribution in [-0.2, 0) is 33.3 Å². The molecular formula is C35H50O7. The van der Waals surface area contributed by atoms with Gasteiger partial charge in [0.15, 0.2) is 0 Å². The highest BCUT2D eigenvalue weighted by Gasteiger charge is 2.70. The van der Waals surface area contributed by atoms with E-state index in [4.69, 9.17) is 14.2 Å². The molecule has 0 radical (unpaired) electrons. The largest absolute Gasteiger partial charge is 0.469 e. The minimum Gasteiger partial charge on any atom is -0.469 e. The van der Waals surface area contributed by atoms with E-state index in [-0.39, 0.29) is 46.3 Å². The second-order valence-electron chi connectivity index (χ2n) is 15.7. The Morgan fingerprint density at radius 3 is 2.33 bits per heavy atom. The lowest BCUT2D eigenvalue weighted by Gasteiger charge is -2.63. The van der Waals surface area contributed by atoms with Gasteiger partial charge < -0.3 is 18.9 Å². The molecule has 3 fully saturated rings. The van der Waals surface area contributed by atoms with Gasteiger partial charge in [-0.05, 0) is 87.4 Å². The number of hydrogen-bond donors (Lipinski definition) is 0. The van der Waals surface area contributed by atoms with Crippen LogP contribution in [0.5, 0.6) is 0 Å². The van der Waals surface area contributed by atoms with Crippen molar-refractivity contribution in [2.75, 3.05) is 7.11 Å². The number of esters is 3. The molecule has 2 aliphatic heterocycles. The van der Waals surface area contributed by atoms with Crippen molar-refractivity contribution in [3.05, 3.63) is 22.3 Å². The SMILES string of the molecule is COC(=O)CC(=O)O[C@@H]1CC[C@]2(C)C3=C(CC[C@@H]2C1(C)C)[C@]1(C)CC[C@@H]2[C@H](C)C[C@@]4(OC(=O)C(C)=C4C)O[C@H](C3)[C@]21C. The predicted octanol–water partition coefficient (Wildman–Crippen LogP) is 6.84. The predicted molar refractivity (Wildman–Crippen MR) is 157 cm³/mol. The minimum atomic E-state index is -0.975. The van der Waals surface area contributed by atoms with E-state index in [1.54, 1.807) is 11.1 Å². The van der Waals surface area contributed by atoms with Crippen LogP contribution in [0.25, 0.3) is 0 Å².